The first kappa shape index (κ1) is 25.8. The van der Waals surface area contributed by atoms with Gasteiger partial charge in [-0.05, 0) is 91.2 Å². The van der Waals surface area contributed by atoms with Crippen LogP contribution < -0.4 is 9.47 Å². The Morgan fingerprint density at radius 3 is 2.08 bits per heavy atom. The summed E-state index contributed by atoms with van der Waals surface area (Å²) in [5.74, 6) is 1.28. The fourth-order valence-electron chi connectivity index (χ4n) is 5.49. The zero-order valence-electron chi connectivity index (χ0n) is 21.9. The molecule has 0 aromatic heterocycles. The molecule has 1 unspecified atom stereocenters. The lowest BCUT2D eigenvalue weighted by Crippen LogP contribution is -2.36. The molecule has 3 aromatic rings. The summed E-state index contributed by atoms with van der Waals surface area (Å²) in [7, 11) is -0.411. The van der Waals surface area contributed by atoms with Gasteiger partial charge in [0, 0.05) is 25.7 Å². The van der Waals surface area contributed by atoms with Gasteiger partial charge in [0.1, 0.15) is 0 Å². The van der Waals surface area contributed by atoms with E-state index in [0.29, 0.717) is 41.9 Å². The monoisotopic (exact) mass is 520 g/mol. The molecule has 2 aliphatic rings. The Bertz CT molecular complexity index is 1340. The summed E-state index contributed by atoms with van der Waals surface area (Å²) in [4.78, 5) is 2.89. The highest BCUT2D eigenvalue weighted by Gasteiger charge is 2.29. The van der Waals surface area contributed by atoms with E-state index in [9.17, 15) is 8.42 Å². The van der Waals surface area contributed by atoms with Gasteiger partial charge in [-0.2, -0.15) is 4.31 Å². The largest absolute Gasteiger partial charge is 0.493 e. The first-order chi connectivity index (χ1) is 17.9. The fourth-order valence-corrected chi connectivity index (χ4v) is 6.91. The molecule has 1 fully saturated rings. The van der Waals surface area contributed by atoms with E-state index in [-0.39, 0.29) is 0 Å². The van der Waals surface area contributed by atoms with Gasteiger partial charge in [-0.1, -0.05) is 36.4 Å². The summed E-state index contributed by atoms with van der Waals surface area (Å²) >= 11 is 0. The molecule has 5 rings (SSSR count). The highest BCUT2D eigenvalue weighted by Crippen LogP contribution is 2.35. The standard InChI is InChI=1S/C30H36N2O4S/c1-22-5-4-16-31(22)17-14-23-6-8-24(9-7-23)25-10-12-28(13-11-25)37(33,34)32-18-15-26-19-29(35-2)30(36-3)20-27(26)21-32/h6-13,19-20,22H,4-5,14-18,21H2,1-3H3. The summed E-state index contributed by atoms with van der Waals surface area (Å²) in [6.45, 7) is 5.39. The van der Waals surface area contributed by atoms with E-state index < -0.39 is 10.0 Å². The van der Waals surface area contributed by atoms with Crippen molar-refractivity contribution in [2.45, 2.75) is 50.1 Å². The van der Waals surface area contributed by atoms with Crippen molar-refractivity contribution in [3.8, 4) is 22.6 Å². The SMILES string of the molecule is COc1cc2c(cc1OC)CN(S(=O)(=O)c1ccc(-c3ccc(CCN4CCCC4C)cc3)cc1)CC2. The lowest BCUT2D eigenvalue weighted by Gasteiger charge is -2.29. The third kappa shape index (κ3) is 5.40. The van der Waals surface area contributed by atoms with E-state index in [1.54, 1.807) is 30.7 Å². The minimum absolute atomic E-state index is 0.316. The third-order valence-corrected chi connectivity index (χ3v) is 9.70. The number of likely N-dealkylation sites (tertiary alicyclic amines) is 1. The van der Waals surface area contributed by atoms with E-state index in [2.05, 4.69) is 36.1 Å². The van der Waals surface area contributed by atoms with E-state index in [1.807, 2.05) is 24.3 Å². The zero-order valence-corrected chi connectivity index (χ0v) is 22.8. The molecule has 0 spiro atoms. The molecule has 2 heterocycles. The molecule has 6 nitrogen and oxygen atoms in total. The summed E-state index contributed by atoms with van der Waals surface area (Å²) in [5.41, 5.74) is 5.48. The number of sulfonamides is 1. The van der Waals surface area contributed by atoms with Crippen molar-refractivity contribution in [1.29, 1.82) is 0 Å². The number of rotatable bonds is 8. The molecular weight excluding hydrogens is 484 g/mol. The van der Waals surface area contributed by atoms with E-state index >= 15 is 0 Å². The minimum atomic E-state index is -3.61. The number of benzene rings is 3. The number of ether oxygens (including phenoxy) is 2. The van der Waals surface area contributed by atoms with Crippen LogP contribution in [0, 0.1) is 0 Å². The first-order valence-electron chi connectivity index (χ1n) is 13.1. The van der Waals surface area contributed by atoms with Crippen LogP contribution in [0.2, 0.25) is 0 Å². The van der Waals surface area contributed by atoms with Crippen molar-refractivity contribution >= 4 is 10.0 Å². The molecule has 0 aliphatic carbocycles. The van der Waals surface area contributed by atoms with Crippen LogP contribution in [-0.2, 0) is 29.4 Å². The van der Waals surface area contributed by atoms with Crippen LogP contribution in [0.25, 0.3) is 11.1 Å². The number of nitrogens with zero attached hydrogens (tertiary/aromatic N) is 2. The normalized spacial score (nSPS) is 18.5. The molecule has 37 heavy (non-hydrogen) atoms. The van der Waals surface area contributed by atoms with Gasteiger partial charge in [0.25, 0.3) is 0 Å². The molecule has 0 bridgehead atoms. The molecule has 0 N–H and O–H groups in total. The Labute approximate surface area is 220 Å². The van der Waals surface area contributed by atoms with Crippen LogP contribution in [0.15, 0.2) is 65.6 Å². The van der Waals surface area contributed by atoms with Crippen molar-refractivity contribution in [2.24, 2.45) is 0 Å². The number of fused-ring (bicyclic) bond motifs is 1. The molecule has 0 saturated carbocycles. The number of hydrogen-bond donors (Lipinski definition) is 0. The average Bonchev–Trinajstić information content (AvgIpc) is 3.35. The van der Waals surface area contributed by atoms with Crippen LogP contribution in [-0.4, -0.2) is 57.5 Å². The second kappa shape index (κ2) is 10.9. The van der Waals surface area contributed by atoms with Gasteiger partial charge in [0.2, 0.25) is 10.0 Å². The van der Waals surface area contributed by atoms with Gasteiger partial charge in [0.05, 0.1) is 19.1 Å². The first-order valence-corrected chi connectivity index (χ1v) is 14.5. The maximum atomic E-state index is 13.4. The zero-order chi connectivity index (χ0) is 26.0. The van der Waals surface area contributed by atoms with Crippen molar-refractivity contribution in [1.82, 2.24) is 9.21 Å². The van der Waals surface area contributed by atoms with Gasteiger partial charge in [-0.15, -0.1) is 0 Å². The van der Waals surface area contributed by atoms with Gasteiger partial charge < -0.3 is 14.4 Å². The molecule has 0 radical (unpaired) electrons. The van der Waals surface area contributed by atoms with Crippen LogP contribution in [0.4, 0.5) is 0 Å². The van der Waals surface area contributed by atoms with Gasteiger partial charge in [-0.25, -0.2) is 8.42 Å². The third-order valence-electron chi connectivity index (χ3n) is 7.84. The number of hydrogen-bond acceptors (Lipinski definition) is 5. The van der Waals surface area contributed by atoms with Gasteiger partial charge in [0.15, 0.2) is 11.5 Å². The maximum absolute atomic E-state index is 13.4. The summed E-state index contributed by atoms with van der Waals surface area (Å²) in [6.07, 6.45) is 4.30. The van der Waals surface area contributed by atoms with Crippen LogP contribution >= 0.6 is 0 Å². The van der Waals surface area contributed by atoms with Crippen molar-refractivity contribution < 1.29 is 17.9 Å². The molecule has 7 heteroatoms. The summed E-state index contributed by atoms with van der Waals surface area (Å²) < 4.78 is 39.2. The summed E-state index contributed by atoms with van der Waals surface area (Å²) in [6, 6.07) is 20.4. The van der Waals surface area contributed by atoms with Crippen molar-refractivity contribution in [3.05, 3.63) is 77.4 Å². The van der Waals surface area contributed by atoms with Gasteiger partial charge in [-0.3, -0.25) is 0 Å². The number of methoxy groups -OCH3 is 2. The topological polar surface area (TPSA) is 59.1 Å². The van der Waals surface area contributed by atoms with Crippen molar-refractivity contribution in [2.75, 3.05) is 33.9 Å². The molecule has 3 aromatic carbocycles. The van der Waals surface area contributed by atoms with Crippen LogP contribution in [0.3, 0.4) is 0 Å². The lowest BCUT2D eigenvalue weighted by atomic mass is 10.0. The Hall–Kier alpha value is -2.87. The second-order valence-electron chi connectivity index (χ2n) is 10.1. The van der Waals surface area contributed by atoms with Gasteiger partial charge >= 0.3 is 0 Å². The van der Waals surface area contributed by atoms with Crippen LogP contribution in [0.1, 0.15) is 36.5 Å². The molecule has 1 saturated heterocycles. The predicted octanol–water partition coefficient (Wildman–Crippen LogP) is 5.14. The Kier molecular flexibility index (Phi) is 7.56. The van der Waals surface area contributed by atoms with Crippen molar-refractivity contribution in [3.63, 3.8) is 0 Å². The highest BCUT2D eigenvalue weighted by atomic mass is 32.2. The molecule has 1 atom stereocenters. The molecule has 196 valence electrons. The fraction of sp³-hybridized carbons (Fsp3) is 0.400. The maximum Gasteiger partial charge on any atom is 0.243 e. The average molecular weight is 521 g/mol. The molecule has 0 amide bonds. The second-order valence-corrected chi connectivity index (χ2v) is 12.0. The minimum Gasteiger partial charge on any atom is -0.493 e. The quantitative estimate of drug-likeness (QED) is 0.411. The smallest absolute Gasteiger partial charge is 0.243 e. The Morgan fingerprint density at radius 1 is 0.865 bits per heavy atom. The van der Waals surface area contributed by atoms with E-state index in [4.69, 9.17) is 9.47 Å². The Morgan fingerprint density at radius 2 is 1.49 bits per heavy atom. The lowest BCUT2D eigenvalue weighted by molar-refractivity contribution is 0.272. The predicted molar refractivity (Wildman–Crippen MR) is 147 cm³/mol. The molecular formula is C30H36N2O4S. The van der Waals surface area contributed by atoms with E-state index in [1.165, 1.54) is 24.9 Å². The van der Waals surface area contributed by atoms with Crippen LogP contribution in [0.5, 0.6) is 11.5 Å². The molecule has 2 aliphatic heterocycles. The Balaban J connectivity index is 1.26. The van der Waals surface area contributed by atoms with E-state index in [0.717, 1.165) is 35.2 Å². The highest BCUT2D eigenvalue weighted by molar-refractivity contribution is 7.89. The summed E-state index contributed by atoms with van der Waals surface area (Å²) in [5, 5.41) is 0.